The zero-order valence-corrected chi connectivity index (χ0v) is 14.6. The molecule has 0 aliphatic rings. The summed E-state index contributed by atoms with van der Waals surface area (Å²) in [5.41, 5.74) is 1.67. The van der Waals surface area contributed by atoms with Crippen LogP contribution in [0.25, 0.3) is 10.8 Å². The van der Waals surface area contributed by atoms with Crippen LogP contribution in [0.1, 0.15) is 47.2 Å². The maximum Gasteiger partial charge on any atom is 0.269 e. The molecule has 0 saturated carbocycles. The first-order chi connectivity index (χ1) is 11.1. The summed E-state index contributed by atoms with van der Waals surface area (Å²) >= 11 is 2.72. The number of thiazole rings is 2. The number of carbonyl (C=O) groups is 1. The Morgan fingerprint density at radius 3 is 2.96 bits per heavy atom. The molecule has 0 unspecified atom stereocenters. The molecule has 7 nitrogen and oxygen atoms in total. The number of hydrogen-bond acceptors (Lipinski definition) is 7. The molecule has 3 heterocycles. The molecule has 0 spiro atoms. The summed E-state index contributed by atoms with van der Waals surface area (Å²) in [5.74, 6) is 0.751. The van der Waals surface area contributed by atoms with Crippen LogP contribution in [0.3, 0.4) is 0 Å². The zero-order chi connectivity index (χ0) is 16.4. The molecule has 1 atom stereocenters. The van der Waals surface area contributed by atoms with Crippen LogP contribution < -0.4 is 5.32 Å². The highest BCUT2D eigenvalue weighted by Gasteiger charge is 2.19. The smallest absolute Gasteiger partial charge is 0.269 e. The summed E-state index contributed by atoms with van der Waals surface area (Å²) in [6.45, 7) is 6.04. The number of anilines is 1. The Kier molecular flexibility index (Phi) is 4.49. The quantitative estimate of drug-likeness (QED) is 0.736. The van der Waals surface area contributed by atoms with Crippen LogP contribution in [0.4, 0.5) is 5.13 Å². The van der Waals surface area contributed by atoms with Gasteiger partial charge in [0.1, 0.15) is 11.2 Å². The lowest BCUT2D eigenvalue weighted by Gasteiger charge is -2.03. The second kappa shape index (κ2) is 6.55. The Labute approximate surface area is 141 Å². The fraction of sp³-hybridized carbons (Fsp3) is 0.357. The molecule has 120 valence electrons. The van der Waals surface area contributed by atoms with Gasteiger partial charge in [0.25, 0.3) is 5.91 Å². The second-order valence-electron chi connectivity index (χ2n) is 5.11. The normalized spacial score (nSPS) is 12.3. The zero-order valence-electron chi connectivity index (χ0n) is 13.0. The van der Waals surface area contributed by atoms with Crippen molar-refractivity contribution in [3.8, 4) is 10.8 Å². The van der Waals surface area contributed by atoms with Gasteiger partial charge in [-0.25, -0.2) is 15.0 Å². The number of aryl methyl sites for hydroxylation is 1. The summed E-state index contributed by atoms with van der Waals surface area (Å²) in [6, 6.07) is 0. The lowest BCUT2D eigenvalue weighted by molar-refractivity contribution is 0.103. The first kappa shape index (κ1) is 15.8. The SMILES string of the molecule is CC[C@@H](C)c1csc(NC(=O)c2sc(-c3ncn[nH]3)nc2C)n1. The van der Waals surface area contributed by atoms with Gasteiger partial charge in [-0.1, -0.05) is 13.8 Å². The van der Waals surface area contributed by atoms with E-state index >= 15 is 0 Å². The van der Waals surface area contributed by atoms with E-state index in [0.717, 1.165) is 12.1 Å². The highest BCUT2D eigenvalue weighted by Crippen LogP contribution is 2.28. The third-order valence-electron chi connectivity index (χ3n) is 3.48. The minimum absolute atomic E-state index is 0.198. The van der Waals surface area contributed by atoms with Crippen LogP contribution in [0.5, 0.6) is 0 Å². The maximum absolute atomic E-state index is 12.4. The number of aromatic amines is 1. The van der Waals surface area contributed by atoms with E-state index < -0.39 is 0 Å². The summed E-state index contributed by atoms with van der Waals surface area (Å²) in [7, 11) is 0. The minimum Gasteiger partial charge on any atom is -0.297 e. The summed E-state index contributed by atoms with van der Waals surface area (Å²) in [4.78, 5) is 25.9. The number of nitrogens with zero attached hydrogens (tertiary/aromatic N) is 4. The van der Waals surface area contributed by atoms with Crippen LogP contribution in [-0.2, 0) is 0 Å². The molecule has 1 amide bonds. The molecule has 3 rings (SSSR count). The highest BCUT2D eigenvalue weighted by atomic mass is 32.1. The summed E-state index contributed by atoms with van der Waals surface area (Å²) in [6.07, 6.45) is 2.43. The number of carbonyl (C=O) groups excluding carboxylic acids is 1. The van der Waals surface area contributed by atoms with E-state index in [2.05, 4.69) is 44.3 Å². The van der Waals surface area contributed by atoms with Gasteiger partial charge in [0.15, 0.2) is 16.0 Å². The van der Waals surface area contributed by atoms with Crippen molar-refractivity contribution in [1.82, 2.24) is 25.1 Å². The number of aromatic nitrogens is 5. The van der Waals surface area contributed by atoms with Crippen molar-refractivity contribution in [3.63, 3.8) is 0 Å². The predicted octanol–water partition coefficient (Wildman–Crippen LogP) is 3.46. The van der Waals surface area contributed by atoms with Crippen LogP contribution in [0, 0.1) is 6.92 Å². The van der Waals surface area contributed by atoms with Gasteiger partial charge in [-0.05, 0) is 19.3 Å². The molecule has 9 heteroatoms. The second-order valence-corrected chi connectivity index (χ2v) is 6.97. The molecule has 0 saturated heterocycles. The van der Waals surface area contributed by atoms with Crippen molar-refractivity contribution >= 4 is 33.7 Å². The topological polar surface area (TPSA) is 96.5 Å². The number of hydrogen-bond donors (Lipinski definition) is 2. The molecular formula is C14H16N6OS2. The van der Waals surface area contributed by atoms with Crippen molar-refractivity contribution in [1.29, 1.82) is 0 Å². The van der Waals surface area contributed by atoms with E-state index in [9.17, 15) is 4.79 Å². The van der Waals surface area contributed by atoms with Gasteiger partial charge in [-0.2, -0.15) is 5.10 Å². The lowest BCUT2D eigenvalue weighted by atomic mass is 10.1. The van der Waals surface area contributed by atoms with Crippen molar-refractivity contribution < 1.29 is 4.79 Å². The number of nitrogens with one attached hydrogen (secondary N) is 2. The molecule has 23 heavy (non-hydrogen) atoms. The van der Waals surface area contributed by atoms with Gasteiger partial charge in [-0.15, -0.1) is 22.7 Å². The summed E-state index contributed by atoms with van der Waals surface area (Å²) < 4.78 is 0. The molecular weight excluding hydrogens is 332 g/mol. The van der Waals surface area contributed by atoms with E-state index in [4.69, 9.17) is 0 Å². The lowest BCUT2D eigenvalue weighted by Crippen LogP contribution is -2.11. The van der Waals surface area contributed by atoms with Gasteiger partial charge in [-0.3, -0.25) is 15.2 Å². The van der Waals surface area contributed by atoms with E-state index in [1.165, 1.54) is 29.0 Å². The van der Waals surface area contributed by atoms with Crippen molar-refractivity contribution in [3.05, 3.63) is 28.0 Å². The van der Waals surface area contributed by atoms with E-state index in [-0.39, 0.29) is 5.91 Å². The molecule has 0 aromatic carbocycles. The average Bonchev–Trinajstić information content (AvgIpc) is 3.25. The first-order valence-electron chi connectivity index (χ1n) is 7.18. The number of H-pyrrole nitrogens is 1. The molecule has 0 aliphatic carbocycles. The van der Waals surface area contributed by atoms with E-state index in [1.807, 2.05) is 5.38 Å². The fourth-order valence-electron chi connectivity index (χ4n) is 1.95. The minimum atomic E-state index is -0.198. The molecule has 0 radical (unpaired) electrons. The Balaban J connectivity index is 1.77. The molecule has 0 aliphatic heterocycles. The molecule has 0 bridgehead atoms. The Hall–Kier alpha value is -2.13. The van der Waals surface area contributed by atoms with E-state index in [1.54, 1.807) is 6.92 Å². The monoisotopic (exact) mass is 348 g/mol. The molecule has 3 aromatic rings. The third-order valence-corrected chi connectivity index (χ3v) is 5.42. The van der Waals surface area contributed by atoms with Gasteiger partial charge >= 0.3 is 0 Å². The van der Waals surface area contributed by atoms with Gasteiger partial charge in [0.05, 0.1) is 11.4 Å². The summed E-state index contributed by atoms with van der Waals surface area (Å²) in [5, 5.41) is 12.6. The largest absolute Gasteiger partial charge is 0.297 e. The third kappa shape index (κ3) is 3.30. The van der Waals surface area contributed by atoms with Crippen LogP contribution in [0.15, 0.2) is 11.7 Å². The van der Waals surface area contributed by atoms with Gasteiger partial charge < -0.3 is 0 Å². The van der Waals surface area contributed by atoms with Crippen LogP contribution in [-0.4, -0.2) is 31.1 Å². The highest BCUT2D eigenvalue weighted by molar-refractivity contribution is 7.17. The van der Waals surface area contributed by atoms with E-state index in [0.29, 0.717) is 32.5 Å². The molecule has 0 fully saturated rings. The Morgan fingerprint density at radius 2 is 2.26 bits per heavy atom. The van der Waals surface area contributed by atoms with Gasteiger partial charge in [0, 0.05) is 5.38 Å². The number of rotatable bonds is 5. The van der Waals surface area contributed by atoms with Crippen LogP contribution >= 0.6 is 22.7 Å². The van der Waals surface area contributed by atoms with Gasteiger partial charge in [0.2, 0.25) is 0 Å². The molecule has 3 aromatic heterocycles. The van der Waals surface area contributed by atoms with Crippen molar-refractivity contribution in [2.24, 2.45) is 0 Å². The Morgan fingerprint density at radius 1 is 1.43 bits per heavy atom. The molecule has 2 N–H and O–H groups in total. The van der Waals surface area contributed by atoms with Crippen LogP contribution in [0.2, 0.25) is 0 Å². The van der Waals surface area contributed by atoms with Crippen molar-refractivity contribution in [2.75, 3.05) is 5.32 Å². The predicted molar refractivity (Wildman–Crippen MR) is 91.0 cm³/mol. The number of amides is 1. The standard InChI is InChI=1S/C14H16N6OS2/c1-4-7(2)9-5-22-14(18-9)19-12(21)10-8(3)17-13(23-10)11-15-6-16-20-11/h5-7H,4H2,1-3H3,(H,15,16,20)(H,18,19,21)/t7-/m1/s1. The fourth-order valence-corrected chi connectivity index (χ4v) is 3.68. The first-order valence-corrected chi connectivity index (χ1v) is 8.88. The Bertz CT molecular complexity index is 807. The van der Waals surface area contributed by atoms with Crippen molar-refractivity contribution in [2.45, 2.75) is 33.1 Å². The average molecular weight is 348 g/mol. The maximum atomic E-state index is 12.4.